The standard InChI is InChI=1S/C18H17BrN4O/c19-15-6-4-14(5-7-15)18(24)22-11-8-13(9-12-22)17-21-20-16-3-1-2-10-23(16)17/h1-7,10,13H,8-9,11-12H2. The van der Waals surface area contributed by atoms with Crippen LogP contribution in [0.5, 0.6) is 0 Å². The number of pyridine rings is 1. The maximum absolute atomic E-state index is 12.6. The average Bonchev–Trinajstić information content (AvgIpc) is 3.06. The largest absolute Gasteiger partial charge is 0.339 e. The van der Waals surface area contributed by atoms with E-state index in [4.69, 9.17) is 0 Å². The summed E-state index contributed by atoms with van der Waals surface area (Å²) in [7, 11) is 0. The predicted molar refractivity (Wildman–Crippen MR) is 95.0 cm³/mol. The molecule has 1 saturated heterocycles. The summed E-state index contributed by atoms with van der Waals surface area (Å²) in [4.78, 5) is 14.5. The summed E-state index contributed by atoms with van der Waals surface area (Å²) in [5.41, 5.74) is 1.62. The summed E-state index contributed by atoms with van der Waals surface area (Å²) in [6.07, 6.45) is 3.83. The second-order valence-electron chi connectivity index (χ2n) is 6.06. The second kappa shape index (κ2) is 6.36. The van der Waals surface area contributed by atoms with Gasteiger partial charge in [0.05, 0.1) is 0 Å². The molecule has 2 aromatic heterocycles. The minimum absolute atomic E-state index is 0.104. The molecule has 24 heavy (non-hydrogen) atoms. The van der Waals surface area contributed by atoms with Crippen molar-refractivity contribution in [2.75, 3.05) is 13.1 Å². The number of fused-ring (bicyclic) bond motifs is 1. The van der Waals surface area contributed by atoms with E-state index in [2.05, 4.69) is 30.5 Å². The number of piperidine rings is 1. The van der Waals surface area contributed by atoms with E-state index in [0.29, 0.717) is 5.92 Å². The van der Waals surface area contributed by atoms with Crippen LogP contribution in [0, 0.1) is 0 Å². The molecule has 0 bridgehead atoms. The van der Waals surface area contributed by atoms with Crippen molar-refractivity contribution < 1.29 is 4.79 Å². The van der Waals surface area contributed by atoms with Crippen LogP contribution in [-0.2, 0) is 0 Å². The fourth-order valence-electron chi connectivity index (χ4n) is 3.25. The van der Waals surface area contributed by atoms with Crippen molar-refractivity contribution in [3.63, 3.8) is 0 Å². The van der Waals surface area contributed by atoms with E-state index >= 15 is 0 Å². The first kappa shape index (κ1) is 15.3. The number of aromatic nitrogens is 3. The number of halogens is 1. The minimum Gasteiger partial charge on any atom is -0.339 e. The molecule has 4 rings (SSSR count). The van der Waals surface area contributed by atoms with Crippen LogP contribution >= 0.6 is 15.9 Å². The van der Waals surface area contributed by atoms with Gasteiger partial charge in [-0.05, 0) is 49.2 Å². The molecular weight excluding hydrogens is 368 g/mol. The summed E-state index contributed by atoms with van der Waals surface area (Å²) in [5, 5.41) is 8.59. The van der Waals surface area contributed by atoms with Gasteiger partial charge in [-0.3, -0.25) is 9.20 Å². The summed E-state index contributed by atoms with van der Waals surface area (Å²) in [5.74, 6) is 1.45. The average molecular weight is 385 g/mol. The van der Waals surface area contributed by atoms with Crippen LogP contribution in [0.4, 0.5) is 0 Å². The number of rotatable bonds is 2. The zero-order valence-corrected chi connectivity index (χ0v) is 14.7. The lowest BCUT2D eigenvalue weighted by Gasteiger charge is -2.31. The van der Waals surface area contributed by atoms with Gasteiger partial charge in [-0.25, -0.2) is 0 Å². The normalized spacial score (nSPS) is 15.8. The second-order valence-corrected chi connectivity index (χ2v) is 6.98. The van der Waals surface area contributed by atoms with Gasteiger partial charge in [-0.2, -0.15) is 0 Å². The SMILES string of the molecule is O=C(c1ccc(Br)cc1)N1CCC(c2nnc3ccccn23)CC1. The van der Waals surface area contributed by atoms with Crippen LogP contribution in [0.1, 0.15) is 34.9 Å². The van der Waals surface area contributed by atoms with Gasteiger partial charge in [-0.15, -0.1) is 10.2 Å². The molecule has 0 radical (unpaired) electrons. The molecule has 0 saturated carbocycles. The summed E-state index contributed by atoms with van der Waals surface area (Å²) in [6, 6.07) is 13.5. The summed E-state index contributed by atoms with van der Waals surface area (Å²) >= 11 is 3.40. The zero-order valence-electron chi connectivity index (χ0n) is 13.1. The quantitative estimate of drug-likeness (QED) is 0.679. The van der Waals surface area contributed by atoms with E-state index in [-0.39, 0.29) is 5.91 Å². The maximum Gasteiger partial charge on any atom is 0.253 e. The number of nitrogens with zero attached hydrogens (tertiary/aromatic N) is 4. The van der Waals surface area contributed by atoms with Crippen molar-refractivity contribution >= 4 is 27.5 Å². The van der Waals surface area contributed by atoms with Gasteiger partial charge >= 0.3 is 0 Å². The molecule has 1 aliphatic rings. The topological polar surface area (TPSA) is 50.5 Å². The first-order chi connectivity index (χ1) is 11.7. The molecule has 122 valence electrons. The fraction of sp³-hybridized carbons (Fsp3) is 0.278. The van der Waals surface area contributed by atoms with Crippen molar-refractivity contribution in [1.82, 2.24) is 19.5 Å². The minimum atomic E-state index is 0.104. The molecule has 5 nitrogen and oxygen atoms in total. The highest BCUT2D eigenvalue weighted by Gasteiger charge is 2.27. The van der Waals surface area contributed by atoms with Crippen LogP contribution in [0.25, 0.3) is 5.65 Å². The molecule has 1 aliphatic heterocycles. The Morgan fingerprint density at radius 3 is 2.54 bits per heavy atom. The van der Waals surface area contributed by atoms with Gasteiger partial charge in [0, 0.05) is 35.2 Å². The Bertz CT molecular complexity index is 866. The highest BCUT2D eigenvalue weighted by Crippen LogP contribution is 2.28. The predicted octanol–water partition coefficient (Wildman–Crippen LogP) is 3.51. The monoisotopic (exact) mass is 384 g/mol. The third kappa shape index (κ3) is 2.82. The van der Waals surface area contributed by atoms with Crippen LogP contribution < -0.4 is 0 Å². The van der Waals surface area contributed by atoms with Gasteiger partial charge in [0.2, 0.25) is 0 Å². The first-order valence-electron chi connectivity index (χ1n) is 8.07. The highest BCUT2D eigenvalue weighted by atomic mass is 79.9. The van der Waals surface area contributed by atoms with Gasteiger partial charge in [0.25, 0.3) is 5.91 Å². The van der Waals surface area contributed by atoms with Crippen LogP contribution in [0.3, 0.4) is 0 Å². The zero-order chi connectivity index (χ0) is 16.5. The van der Waals surface area contributed by atoms with Crippen molar-refractivity contribution in [2.24, 2.45) is 0 Å². The van der Waals surface area contributed by atoms with Crippen molar-refractivity contribution in [1.29, 1.82) is 0 Å². The Morgan fingerprint density at radius 1 is 1.04 bits per heavy atom. The molecule has 3 aromatic rings. The maximum atomic E-state index is 12.6. The molecular formula is C18H17BrN4O. The van der Waals surface area contributed by atoms with Crippen molar-refractivity contribution in [3.8, 4) is 0 Å². The summed E-state index contributed by atoms with van der Waals surface area (Å²) in [6.45, 7) is 1.50. The Morgan fingerprint density at radius 2 is 1.79 bits per heavy atom. The van der Waals surface area contributed by atoms with Crippen LogP contribution in [0.2, 0.25) is 0 Å². The van der Waals surface area contributed by atoms with Gasteiger partial charge in [0.15, 0.2) is 5.65 Å². The van der Waals surface area contributed by atoms with Gasteiger partial charge in [-0.1, -0.05) is 22.0 Å². The molecule has 0 aliphatic carbocycles. The van der Waals surface area contributed by atoms with Gasteiger partial charge in [0.1, 0.15) is 5.82 Å². The third-order valence-electron chi connectivity index (χ3n) is 4.58. The van der Waals surface area contributed by atoms with Crippen molar-refractivity contribution in [3.05, 3.63) is 64.5 Å². The number of carbonyl (C=O) groups is 1. The smallest absolute Gasteiger partial charge is 0.253 e. The molecule has 0 spiro atoms. The van der Waals surface area contributed by atoms with E-state index in [1.165, 1.54) is 0 Å². The van der Waals surface area contributed by atoms with E-state index < -0.39 is 0 Å². The van der Waals surface area contributed by atoms with E-state index in [1.54, 1.807) is 0 Å². The van der Waals surface area contributed by atoms with E-state index in [1.807, 2.05) is 53.6 Å². The number of carbonyl (C=O) groups excluding carboxylic acids is 1. The van der Waals surface area contributed by atoms with Crippen LogP contribution in [-0.4, -0.2) is 38.5 Å². The lowest BCUT2D eigenvalue weighted by molar-refractivity contribution is 0.0711. The molecule has 1 fully saturated rings. The number of benzene rings is 1. The Balaban J connectivity index is 1.47. The summed E-state index contributed by atoms with van der Waals surface area (Å²) < 4.78 is 3.04. The van der Waals surface area contributed by atoms with E-state index in [0.717, 1.165) is 47.4 Å². The lowest BCUT2D eigenvalue weighted by atomic mass is 9.95. The molecule has 6 heteroatoms. The third-order valence-corrected chi connectivity index (χ3v) is 5.11. The molecule has 3 heterocycles. The number of likely N-dealkylation sites (tertiary alicyclic amines) is 1. The first-order valence-corrected chi connectivity index (χ1v) is 8.86. The Labute approximate surface area is 148 Å². The van der Waals surface area contributed by atoms with Crippen molar-refractivity contribution in [2.45, 2.75) is 18.8 Å². The molecule has 1 amide bonds. The Hall–Kier alpha value is -2.21. The molecule has 0 atom stereocenters. The molecule has 0 unspecified atom stereocenters. The van der Waals surface area contributed by atoms with Crippen LogP contribution in [0.15, 0.2) is 53.1 Å². The van der Waals surface area contributed by atoms with E-state index in [9.17, 15) is 4.79 Å². The highest BCUT2D eigenvalue weighted by molar-refractivity contribution is 9.10. The number of amides is 1. The number of hydrogen-bond acceptors (Lipinski definition) is 3. The number of hydrogen-bond donors (Lipinski definition) is 0. The fourth-order valence-corrected chi connectivity index (χ4v) is 3.52. The van der Waals surface area contributed by atoms with Gasteiger partial charge < -0.3 is 4.90 Å². The molecule has 0 N–H and O–H groups in total. The Kier molecular flexibility index (Phi) is 4.06. The lowest BCUT2D eigenvalue weighted by Crippen LogP contribution is -2.38. The molecule has 1 aromatic carbocycles.